The second-order valence-electron chi connectivity index (χ2n) is 2.94. The third-order valence-corrected chi connectivity index (χ3v) is 2.68. The standard InChI is InChI=1S/C9H12NOS/c1-6-12-8-9(1)7-10-2-4-11-5-3-10/h1,6H,2-5,7H2. The molecule has 2 rings (SSSR count). The Hall–Kier alpha value is -0.380. The third kappa shape index (κ3) is 2.06. The van der Waals surface area contributed by atoms with E-state index in [1.165, 1.54) is 5.56 Å². The number of hydrogen-bond acceptors (Lipinski definition) is 3. The maximum Gasteiger partial charge on any atom is 0.0594 e. The van der Waals surface area contributed by atoms with Crippen LogP contribution in [0.15, 0.2) is 11.4 Å². The van der Waals surface area contributed by atoms with Crippen LogP contribution in [0.2, 0.25) is 0 Å². The number of thiophene rings is 1. The van der Waals surface area contributed by atoms with Crippen LogP contribution < -0.4 is 0 Å². The fraction of sp³-hybridized carbons (Fsp3) is 0.556. The van der Waals surface area contributed by atoms with Gasteiger partial charge in [0.25, 0.3) is 0 Å². The molecule has 1 saturated heterocycles. The van der Waals surface area contributed by atoms with Gasteiger partial charge < -0.3 is 4.74 Å². The lowest BCUT2D eigenvalue weighted by Gasteiger charge is -2.25. The molecule has 0 bridgehead atoms. The molecule has 1 aliphatic rings. The Morgan fingerprint density at radius 2 is 2.33 bits per heavy atom. The Kier molecular flexibility index (Phi) is 2.76. The largest absolute Gasteiger partial charge is 0.379 e. The molecule has 0 aliphatic carbocycles. The first-order valence-electron chi connectivity index (χ1n) is 4.19. The van der Waals surface area contributed by atoms with Crippen LogP contribution in [-0.2, 0) is 11.3 Å². The van der Waals surface area contributed by atoms with E-state index in [9.17, 15) is 0 Å². The molecule has 1 aliphatic heterocycles. The molecule has 0 atom stereocenters. The molecule has 1 aromatic heterocycles. The van der Waals surface area contributed by atoms with Gasteiger partial charge in [-0.3, -0.25) is 4.90 Å². The van der Waals surface area contributed by atoms with Crippen LogP contribution in [0.4, 0.5) is 0 Å². The number of morpholine rings is 1. The van der Waals surface area contributed by atoms with Crippen LogP contribution >= 0.6 is 11.3 Å². The van der Waals surface area contributed by atoms with Crippen LogP contribution in [0.1, 0.15) is 5.56 Å². The Morgan fingerprint density at radius 3 is 3.00 bits per heavy atom. The molecule has 2 heterocycles. The Balaban J connectivity index is 1.86. The maximum absolute atomic E-state index is 5.27. The lowest BCUT2D eigenvalue weighted by Crippen LogP contribution is -2.35. The number of ether oxygens (including phenoxy) is 1. The van der Waals surface area contributed by atoms with E-state index in [-0.39, 0.29) is 0 Å². The maximum atomic E-state index is 5.27. The van der Waals surface area contributed by atoms with Crippen molar-refractivity contribution in [1.82, 2.24) is 4.90 Å². The fourth-order valence-electron chi connectivity index (χ4n) is 1.35. The van der Waals surface area contributed by atoms with Gasteiger partial charge in [0, 0.05) is 25.0 Å². The average molecular weight is 182 g/mol. The smallest absolute Gasteiger partial charge is 0.0594 e. The summed E-state index contributed by atoms with van der Waals surface area (Å²) in [5.41, 5.74) is 1.31. The molecule has 3 heteroatoms. The summed E-state index contributed by atoms with van der Waals surface area (Å²) in [6.45, 7) is 4.91. The van der Waals surface area contributed by atoms with Crippen LogP contribution in [0.25, 0.3) is 0 Å². The number of nitrogens with zero attached hydrogens (tertiary/aromatic N) is 1. The molecule has 1 aromatic rings. The Labute approximate surface area is 76.8 Å². The minimum Gasteiger partial charge on any atom is -0.379 e. The van der Waals surface area contributed by atoms with Crippen LogP contribution in [0.5, 0.6) is 0 Å². The molecule has 0 aromatic carbocycles. The van der Waals surface area contributed by atoms with Crippen molar-refractivity contribution in [2.75, 3.05) is 26.3 Å². The molecular formula is C9H12NOS. The average Bonchev–Trinajstić information content (AvgIpc) is 2.59. The molecule has 0 N–H and O–H groups in total. The van der Waals surface area contributed by atoms with Crippen molar-refractivity contribution >= 4 is 11.3 Å². The van der Waals surface area contributed by atoms with Crippen LogP contribution in [0.3, 0.4) is 0 Å². The monoisotopic (exact) mass is 182 g/mol. The van der Waals surface area contributed by atoms with Gasteiger partial charge >= 0.3 is 0 Å². The highest BCUT2D eigenvalue weighted by Crippen LogP contribution is 2.09. The van der Waals surface area contributed by atoms with Gasteiger partial charge in [0.1, 0.15) is 0 Å². The summed E-state index contributed by atoms with van der Waals surface area (Å²) in [7, 11) is 0. The molecule has 0 spiro atoms. The number of rotatable bonds is 2. The van der Waals surface area contributed by atoms with Crippen molar-refractivity contribution < 1.29 is 4.74 Å². The topological polar surface area (TPSA) is 12.5 Å². The minimum atomic E-state index is 0.879. The van der Waals surface area contributed by atoms with E-state index < -0.39 is 0 Å². The van der Waals surface area contributed by atoms with Crippen molar-refractivity contribution in [2.45, 2.75) is 6.54 Å². The zero-order valence-corrected chi connectivity index (χ0v) is 7.77. The van der Waals surface area contributed by atoms with Crippen LogP contribution in [0, 0.1) is 5.38 Å². The molecule has 0 saturated carbocycles. The molecule has 0 amide bonds. The van der Waals surface area contributed by atoms with Crippen molar-refractivity contribution in [2.24, 2.45) is 0 Å². The van der Waals surface area contributed by atoms with E-state index in [0.29, 0.717) is 0 Å². The van der Waals surface area contributed by atoms with Crippen LogP contribution in [-0.4, -0.2) is 31.2 Å². The molecule has 2 nitrogen and oxygen atoms in total. The predicted octanol–water partition coefficient (Wildman–Crippen LogP) is 1.38. The van der Waals surface area contributed by atoms with Crippen molar-refractivity contribution in [1.29, 1.82) is 0 Å². The molecule has 1 fully saturated rings. The summed E-state index contributed by atoms with van der Waals surface area (Å²) in [6.07, 6.45) is 0. The Bertz CT molecular complexity index is 216. The second kappa shape index (κ2) is 4.03. The molecular weight excluding hydrogens is 170 g/mol. The highest BCUT2D eigenvalue weighted by atomic mass is 32.1. The van der Waals surface area contributed by atoms with E-state index >= 15 is 0 Å². The van der Waals surface area contributed by atoms with Gasteiger partial charge in [-0.05, 0) is 17.0 Å². The van der Waals surface area contributed by atoms with Gasteiger partial charge in [-0.1, -0.05) is 0 Å². The quantitative estimate of drug-likeness (QED) is 0.685. The van der Waals surface area contributed by atoms with Gasteiger partial charge in [-0.25, -0.2) is 0 Å². The summed E-state index contributed by atoms with van der Waals surface area (Å²) >= 11 is 1.65. The number of hydrogen-bond donors (Lipinski definition) is 0. The molecule has 1 radical (unpaired) electrons. The summed E-state index contributed by atoms with van der Waals surface area (Å²) in [5.74, 6) is 0. The molecule has 0 unspecified atom stereocenters. The van der Waals surface area contributed by atoms with E-state index in [4.69, 9.17) is 4.74 Å². The first kappa shape index (κ1) is 8.23. The Morgan fingerprint density at radius 1 is 1.50 bits per heavy atom. The fourth-order valence-corrected chi connectivity index (χ4v) is 1.93. The first-order valence-corrected chi connectivity index (χ1v) is 5.07. The SMILES string of the molecule is [c]1sccc1CN1CCOCC1. The molecule has 12 heavy (non-hydrogen) atoms. The van der Waals surface area contributed by atoms with Gasteiger partial charge in [0.2, 0.25) is 0 Å². The van der Waals surface area contributed by atoms with E-state index in [1.54, 1.807) is 11.3 Å². The van der Waals surface area contributed by atoms with Gasteiger partial charge in [0.05, 0.1) is 13.2 Å². The normalized spacial score (nSPS) is 19.7. The molecule has 65 valence electrons. The highest BCUT2D eigenvalue weighted by molar-refractivity contribution is 7.07. The van der Waals surface area contributed by atoms with E-state index in [0.717, 1.165) is 32.8 Å². The van der Waals surface area contributed by atoms with E-state index in [1.807, 2.05) is 0 Å². The lowest BCUT2D eigenvalue weighted by molar-refractivity contribution is 0.0342. The van der Waals surface area contributed by atoms with E-state index in [2.05, 4.69) is 21.7 Å². The zero-order chi connectivity index (χ0) is 8.23. The highest BCUT2D eigenvalue weighted by Gasteiger charge is 2.10. The van der Waals surface area contributed by atoms with Gasteiger partial charge in [-0.2, -0.15) is 0 Å². The van der Waals surface area contributed by atoms with Gasteiger partial charge in [-0.15, -0.1) is 11.3 Å². The van der Waals surface area contributed by atoms with Crippen molar-refractivity contribution in [3.63, 3.8) is 0 Å². The predicted molar refractivity (Wildman–Crippen MR) is 49.3 cm³/mol. The van der Waals surface area contributed by atoms with Crippen molar-refractivity contribution in [3.05, 3.63) is 22.4 Å². The zero-order valence-electron chi connectivity index (χ0n) is 6.95. The lowest BCUT2D eigenvalue weighted by atomic mass is 10.3. The van der Waals surface area contributed by atoms with Crippen molar-refractivity contribution in [3.8, 4) is 0 Å². The van der Waals surface area contributed by atoms with Gasteiger partial charge in [0.15, 0.2) is 0 Å². The summed E-state index contributed by atoms with van der Waals surface area (Å²) < 4.78 is 5.27. The third-order valence-electron chi connectivity index (χ3n) is 2.02. The second-order valence-corrected chi connectivity index (χ2v) is 3.65. The summed E-state index contributed by atoms with van der Waals surface area (Å²) in [4.78, 5) is 2.40. The minimum absolute atomic E-state index is 0.879. The first-order chi connectivity index (χ1) is 5.95. The summed E-state index contributed by atoms with van der Waals surface area (Å²) in [5, 5.41) is 5.32. The summed E-state index contributed by atoms with van der Waals surface area (Å²) in [6, 6.07) is 2.14.